The number of nitrogens with zero attached hydrogens (tertiary/aromatic N) is 1. The summed E-state index contributed by atoms with van der Waals surface area (Å²) in [6.07, 6.45) is 1.49. The van der Waals surface area contributed by atoms with Crippen molar-refractivity contribution < 1.29 is 13.2 Å². The molecule has 1 unspecified atom stereocenters. The summed E-state index contributed by atoms with van der Waals surface area (Å²) >= 11 is 0. The zero-order valence-corrected chi connectivity index (χ0v) is 17.6. The van der Waals surface area contributed by atoms with Crippen LogP contribution < -0.4 is 9.62 Å². The monoisotopic (exact) mass is 388 g/mol. The fourth-order valence-electron chi connectivity index (χ4n) is 3.01. The van der Waals surface area contributed by atoms with Gasteiger partial charge < -0.3 is 5.32 Å². The molecule has 6 heteroatoms. The molecule has 1 amide bonds. The molecule has 0 aliphatic rings. The Morgan fingerprint density at radius 3 is 2.19 bits per heavy atom. The Balaban J connectivity index is 2.44. The minimum absolute atomic E-state index is 0.338. The molecule has 1 N–H and O–H groups in total. The molecule has 0 radical (unpaired) electrons. The van der Waals surface area contributed by atoms with E-state index in [0.29, 0.717) is 17.8 Å². The summed E-state index contributed by atoms with van der Waals surface area (Å²) in [6, 6.07) is 10.4. The number of sulfonamides is 1. The number of amides is 1. The molecule has 0 saturated heterocycles. The SMILES string of the molecule is CCC(C(=O)Nc1cc(C)ccc1C)N(c1ccc(C)c(C)c1)S(C)(=O)=O. The van der Waals surface area contributed by atoms with Gasteiger partial charge >= 0.3 is 0 Å². The van der Waals surface area contributed by atoms with E-state index in [-0.39, 0.29) is 5.91 Å². The molecule has 0 saturated carbocycles. The molecule has 0 fully saturated rings. The van der Waals surface area contributed by atoms with Crippen LogP contribution in [0.1, 0.15) is 35.6 Å². The minimum atomic E-state index is -3.64. The lowest BCUT2D eigenvalue weighted by Gasteiger charge is -2.30. The fourth-order valence-corrected chi connectivity index (χ4v) is 4.21. The number of carbonyl (C=O) groups excluding carboxylic acids is 1. The molecule has 2 rings (SSSR count). The molecule has 27 heavy (non-hydrogen) atoms. The van der Waals surface area contributed by atoms with Crippen LogP contribution in [0.15, 0.2) is 36.4 Å². The van der Waals surface area contributed by atoms with Crippen molar-refractivity contribution in [3.63, 3.8) is 0 Å². The van der Waals surface area contributed by atoms with E-state index in [1.807, 2.05) is 65.0 Å². The summed E-state index contributed by atoms with van der Waals surface area (Å²) in [7, 11) is -3.64. The summed E-state index contributed by atoms with van der Waals surface area (Å²) in [5.41, 5.74) is 5.21. The van der Waals surface area contributed by atoms with Crippen molar-refractivity contribution in [2.75, 3.05) is 15.9 Å². The maximum atomic E-state index is 13.0. The molecule has 146 valence electrons. The van der Waals surface area contributed by atoms with Crippen molar-refractivity contribution in [2.45, 2.75) is 47.1 Å². The first-order chi connectivity index (χ1) is 12.5. The number of hydrogen-bond donors (Lipinski definition) is 1. The molecule has 0 bridgehead atoms. The van der Waals surface area contributed by atoms with Crippen molar-refractivity contribution in [2.24, 2.45) is 0 Å². The second kappa shape index (κ2) is 8.13. The number of benzene rings is 2. The lowest BCUT2D eigenvalue weighted by molar-refractivity contribution is -0.117. The third kappa shape index (κ3) is 4.89. The standard InChI is InChI=1S/C21H28N2O3S/c1-7-20(21(24)22-19-12-14(2)8-9-16(19)4)23(27(6,25)26)18-11-10-15(3)17(5)13-18/h8-13,20H,7H2,1-6H3,(H,22,24). The molecule has 0 spiro atoms. The lowest BCUT2D eigenvalue weighted by atomic mass is 10.1. The van der Waals surface area contributed by atoms with Crippen molar-refractivity contribution in [3.05, 3.63) is 58.7 Å². The Kier molecular flexibility index (Phi) is 6.31. The molecule has 0 aromatic heterocycles. The van der Waals surface area contributed by atoms with Crippen LogP contribution in [0.2, 0.25) is 0 Å². The van der Waals surface area contributed by atoms with Gasteiger partial charge in [-0.3, -0.25) is 9.10 Å². The second-order valence-electron chi connectivity index (χ2n) is 7.06. The number of carbonyl (C=O) groups is 1. The van der Waals surface area contributed by atoms with Crippen LogP contribution >= 0.6 is 0 Å². The first-order valence-corrected chi connectivity index (χ1v) is 10.8. The summed E-state index contributed by atoms with van der Waals surface area (Å²) in [5, 5.41) is 2.91. The van der Waals surface area contributed by atoms with E-state index in [2.05, 4.69) is 5.32 Å². The molecular formula is C21H28N2O3S. The van der Waals surface area contributed by atoms with Crippen LogP contribution in [0.5, 0.6) is 0 Å². The number of aryl methyl sites for hydroxylation is 4. The van der Waals surface area contributed by atoms with Gasteiger partial charge in [0.25, 0.3) is 0 Å². The molecule has 0 aliphatic heterocycles. The summed E-state index contributed by atoms with van der Waals surface area (Å²) in [5.74, 6) is -0.338. The van der Waals surface area contributed by atoms with Gasteiger partial charge in [-0.15, -0.1) is 0 Å². The quantitative estimate of drug-likeness (QED) is 0.810. The topological polar surface area (TPSA) is 66.5 Å². The number of hydrogen-bond acceptors (Lipinski definition) is 3. The predicted octanol–water partition coefficient (Wildman–Crippen LogP) is 4.10. The fraction of sp³-hybridized carbons (Fsp3) is 0.381. The zero-order chi connectivity index (χ0) is 20.4. The van der Waals surface area contributed by atoms with Gasteiger partial charge in [0.2, 0.25) is 15.9 Å². The highest BCUT2D eigenvalue weighted by atomic mass is 32.2. The van der Waals surface area contributed by atoms with E-state index in [1.165, 1.54) is 4.31 Å². The average Bonchev–Trinajstić information content (AvgIpc) is 2.57. The molecule has 2 aromatic carbocycles. The Morgan fingerprint density at radius 1 is 1.00 bits per heavy atom. The van der Waals surface area contributed by atoms with Crippen LogP contribution in [0.4, 0.5) is 11.4 Å². The van der Waals surface area contributed by atoms with Gasteiger partial charge in [0.05, 0.1) is 11.9 Å². The van der Waals surface area contributed by atoms with Crippen LogP contribution in [-0.2, 0) is 14.8 Å². The van der Waals surface area contributed by atoms with Crippen molar-refractivity contribution >= 4 is 27.3 Å². The van der Waals surface area contributed by atoms with E-state index in [0.717, 1.165) is 28.5 Å². The second-order valence-corrected chi connectivity index (χ2v) is 8.92. The Morgan fingerprint density at radius 2 is 1.63 bits per heavy atom. The number of rotatable bonds is 6. The van der Waals surface area contributed by atoms with Gasteiger partial charge in [0, 0.05) is 5.69 Å². The van der Waals surface area contributed by atoms with Crippen molar-refractivity contribution in [3.8, 4) is 0 Å². The van der Waals surface area contributed by atoms with Gasteiger partial charge in [-0.25, -0.2) is 8.42 Å². The third-order valence-electron chi connectivity index (χ3n) is 4.73. The highest BCUT2D eigenvalue weighted by Gasteiger charge is 2.31. The average molecular weight is 389 g/mol. The maximum absolute atomic E-state index is 13.0. The molecule has 0 aliphatic carbocycles. The number of nitrogens with one attached hydrogen (secondary N) is 1. The largest absolute Gasteiger partial charge is 0.324 e. The van der Waals surface area contributed by atoms with Crippen LogP contribution in [0, 0.1) is 27.7 Å². The zero-order valence-electron chi connectivity index (χ0n) is 16.8. The van der Waals surface area contributed by atoms with Crippen LogP contribution in [0.25, 0.3) is 0 Å². The Labute approximate surface area is 162 Å². The predicted molar refractivity (Wildman–Crippen MR) is 112 cm³/mol. The van der Waals surface area contributed by atoms with E-state index >= 15 is 0 Å². The lowest BCUT2D eigenvalue weighted by Crippen LogP contribution is -2.47. The summed E-state index contributed by atoms with van der Waals surface area (Å²) < 4.78 is 26.3. The molecule has 0 heterocycles. The summed E-state index contributed by atoms with van der Waals surface area (Å²) in [4.78, 5) is 13.0. The highest BCUT2D eigenvalue weighted by Crippen LogP contribution is 2.26. The Bertz CT molecular complexity index is 952. The highest BCUT2D eigenvalue weighted by molar-refractivity contribution is 7.92. The molecule has 5 nitrogen and oxygen atoms in total. The van der Waals surface area contributed by atoms with E-state index in [9.17, 15) is 13.2 Å². The van der Waals surface area contributed by atoms with E-state index in [4.69, 9.17) is 0 Å². The van der Waals surface area contributed by atoms with Gasteiger partial charge in [0.1, 0.15) is 6.04 Å². The number of anilines is 2. The van der Waals surface area contributed by atoms with Crippen LogP contribution in [-0.4, -0.2) is 26.6 Å². The van der Waals surface area contributed by atoms with Crippen molar-refractivity contribution in [1.82, 2.24) is 0 Å². The van der Waals surface area contributed by atoms with Crippen molar-refractivity contribution in [1.29, 1.82) is 0 Å². The summed E-state index contributed by atoms with van der Waals surface area (Å²) in [6.45, 7) is 9.56. The normalized spacial score (nSPS) is 12.5. The van der Waals surface area contributed by atoms with Gasteiger partial charge in [-0.1, -0.05) is 25.1 Å². The van der Waals surface area contributed by atoms with Gasteiger partial charge in [0.15, 0.2) is 0 Å². The molecule has 1 atom stereocenters. The smallest absolute Gasteiger partial charge is 0.248 e. The minimum Gasteiger partial charge on any atom is -0.324 e. The maximum Gasteiger partial charge on any atom is 0.248 e. The first-order valence-electron chi connectivity index (χ1n) is 8.99. The van der Waals surface area contributed by atoms with Gasteiger partial charge in [-0.2, -0.15) is 0 Å². The Hall–Kier alpha value is -2.34. The third-order valence-corrected chi connectivity index (χ3v) is 5.91. The first kappa shape index (κ1) is 21.0. The van der Waals surface area contributed by atoms with Crippen LogP contribution in [0.3, 0.4) is 0 Å². The molecule has 2 aromatic rings. The molecular weight excluding hydrogens is 360 g/mol. The van der Waals surface area contributed by atoms with E-state index in [1.54, 1.807) is 6.07 Å². The van der Waals surface area contributed by atoms with E-state index < -0.39 is 16.1 Å². The van der Waals surface area contributed by atoms with Gasteiger partial charge in [-0.05, 0) is 74.6 Å².